The van der Waals surface area contributed by atoms with Gasteiger partial charge in [0.2, 0.25) is 0 Å². The van der Waals surface area contributed by atoms with Crippen LogP contribution in [0.5, 0.6) is 0 Å². The van der Waals surface area contributed by atoms with Crippen molar-refractivity contribution in [3.05, 3.63) is 35.4 Å². The van der Waals surface area contributed by atoms with Gasteiger partial charge in [-0.1, -0.05) is 24.3 Å². The van der Waals surface area contributed by atoms with Gasteiger partial charge in [-0.2, -0.15) is 0 Å². The number of benzene rings is 1. The van der Waals surface area contributed by atoms with E-state index in [0.29, 0.717) is 32.4 Å². The van der Waals surface area contributed by atoms with Crippen molar-refractivity contribution in [2.45, 2.75) is 38.2 Å². The summed E-state index contributed by atoms with van der Waals surface area (Å²) in [5.74, 6) is -0.252. The number of likely N-dealkylation sites (tertiary alicyclic amines) is 1. The number of nitrogens with zero attached hydrogens (tertiary/aromatic N) is 1. The molecule has 2 unspecified atom stereocenters. The number of carboxylic acid groups (broad SMARTS) is 1. The van der Waals surface area contributed by atoms with Crippen LogP contribution in [0.4, 0.5) is 4.79 Å². The lowest BCUT2D eigenvalue weighted by molar-refractivity contribution is -0.143. The molecule has 126 valence electrons. The number of hydrogen-bond acceptors (Lipinski definition) is 4. The average Bonchev–Trinajstić information content (AvgIpc) is 2.53. The van der Waals surface area contributed by atoms with E-state index in [0.717, 1.165) is 11.1 Å². The molecule has 6 heteroatoms. The number of hydrogen-bond donors (Lipinski definition) is 2. The van der Waals surface area contributed by atoms with Crippen LogP contribution in [0, 0.1) is 0 Å². The first kappa shape index (κ1) is 17.3. The highest BCUT2D eigenvalue weighted by Crippen LogP contribution is 2.28. The second-order valence-corrected chi connectivity index (χ2v) is 5.74. The number of aliphatic hydroxyl groups excluding tert-OH is 1. The number of carbonyl (C=O) groups excluding carboxylic acids is 1. The minimum absolute atomic E-state index is 0.0512. The normalized spacial score (nSPS) is 21.0. The molecule has 1 heterocycles. The van der Waals surface area contributed by atoms with Gasteiger partial charge in [0.1, 0.15) is 0 Å². The van der Waals surface area contributed by atoms with Crippen LogP contribution >= 0.6 is 0 Å². The van der Waals surface area contributed by atoms with Crippen molar-refractivity contribution in [2.24, 2.45) is 0 Å². The molecule has 0 spiro atoms. The Morgan fingerprint density at radius 1 is 1.30 bits per heavy atom. The Bertz CT molecular complexity index is 542. The molecular formula is C17H23NO5. The molecule has 0 radical (unpaired) electrons. The molecular weight excluding hydrogens is 298 g/mol. The first-order valence-corrected chi connectivity index (χ1v) is 7.91. The van der Waals surface area contributed by atoms with Crippen molar-refractivity contribution in [3.63, 3.8) is 0 Å². The number of β-amino-alcohol motifs (C(OH)–C–C–N with tert-alkyl or cyclic N) is 1. The first-order valence-electron chi connectivity index (χ1n) is 7.91. The minimum Gasteiger partial charge on any atom is -0.466 e. The van der Waals surface area contributed by atoms with Gasteiger partial charge >= 0.3 is 12.1 Å². The molecule has 1 aliphatic rings. The quantitative estimate of drug-likeness (QED) is 0.810. The van der Waals surface area contributed by atoms with Crippen molar-refractivity contribution in [1.29, 1.82) is 0 Å². The van der Waals surface area contributed by atoms with Gasteiger partial charge in [0.25, 0.3) is 0 Å². The van der Waals surface area contributed by atoms with E-state index >= 15 is 0 Å². The van der Waals surface area contributed by atoms with Gasteiger partial charge in [-0.05, 0) is 30.9 Å². The highest BCUT2D eigenvalue weighted by atomic mass is 16.5. The van der Waals surface area contributed by atoms with Crippen LogP contribution in [0.3, 0.4) is 0 Å². The lowest BCUT2D eigenvalue weighted by atomic mass is 9.86. The number of piperidine rings is 1. The largest absolute Gasteiger partial charge is 0.466 e. The second kappa shape index (κ2) is 7.97. The van der Waals surface area contributed by atoms with Crippen LogP contribution in [-0.2, 0) is 16.0 Å². The van der Waals surface area contributed by atoms with Crippen molar-refractivity contribution in [1.82, 2.24) is 4.90 Å². The molecule has 1 amide bonds. The molecule has 1 aromatic carbocycles. The summed E-state index contributed by atoms with van der Waals surface area (Å²) in [5.41, 5.74) is 2.04. The molecule has 1 saturated heterocycles. The van der Waals surface area contributed by atoms with E-state index in [1.54, 1.807) is 6.92 Å². The Labute approximate surface area is 135 Å². The Kier molecular flexibility index (Phi) is 5.98. The number of aryl methyl sites for hydroxylation is 1. The molecule has 1 aromatic rings. The monoisotopic (exact) mass is 321 g/mol. The first-order chi connectivity index (χ1) is 11.0. The molecule has 6 nitrogen and oxygen atoms in total. The third-order valence-corrected chi connectivity index (χ3v) is 4.18. The second-order valence-electron chi connectivity index (χ2n) is 5.74. The van der Waals surface area contributed by atoms with E-state index in [4.69, 9.17) is 9.84 Å². The fourth-order valence-corrected chi connectivity index (χ4v) is 2.91. The SMILES string of the molecule is CCOC(=O)CCc1ccc(C2CCN(C(=O)O)CC2O)cc1. The van der Waals surface area contributed by atoms with Crippen LogP contribution in [0.1, 0.15) is 36.8 Å². The predicted molar refractivity (Wildman–Crippen MR) is 84.4 cm³/mol. The van der Waals surface area contributed by atoms with Gasteiger partial charge < -0.3 is 19.8 Å². The van der Waals surface area contributed by atoms with Crippen LogP contribution in [-0.4, -0.2) is 53.0 Å². The number of aliphatic hydroxyl groups is 1. The van der Waals surface area contributed by atoms with Gasteiger partial charge in [-0.3, -0.25) is 4.79 Å². The Hall–Kier alpha value is -2.08. The zero-order valence-corrected chi connectivity index (χ0v) is 13.3. The summed E-state index contributed by atoms with van der Waals surface area (Å²) in [5, 5.41) is 19.1. The molecule has 2 atom stereocenters. The summed E-state index contributed by atoms with van der Waals surface area (Å²) >= 11 is 0. The topological polar surface area (TPSA) is 87.1 Å². The fraction of sp³-hybridized carbons (Fsp3) is 0.529. The van der Waals surface area contributed by atoms with Gasteiger partial charge in [-0.25, -0.2) is 4.79 Å². The molecule has 2 N–H and O–H groups in total. The molecule has 0 bridgehead atoms. The molecule has 2 rings (SSSR count). The molecule has 1 fully saturated rings. The molecule has 1 aliphatic heterocycles. The van der Waals surface area contributed by atoms with Gasteiger partial charge in [0, 0.05) is 18.9 Å². The van der Waals surface area contributed by atoms with E-state index in [1.165, 1.54) is 4.90 Å². The van der Waals surface area contributed by atoms with Gasteiger partial charge in [-0.15, -0.1) is 0 Å². The predicted octanol–water partition coefficient (Wildman–Crippen LogP) is 2.01. The lowest BCUT2D eigenvalue weighted by Crippen LogP contribution is -2.45. The zero-order chi connectivity index (χ0) is 16.8. The average molecular weight is 321 g/mol. The standard InChI is InChI=1S/C17H23NO5/c1-2-23-16(20)8-5-12-3-6-13(7-4-12)14-9-10-18(17(21)22)11-15(14)19/h3-4,6-7,14-15,19H,2,5,8-11H2,1H3,(H,21,22). The summed E-state index contributed by atoms with van der Waals surface area (Å²) in [6, 6.07) is 7.80. The molecule has 0 saturated carbocycles. The number of esters is 1. The van der Waals surface area contributed by atoms with Crippen molar-refractivity contribution >= 4 is 12.1 Å². The summed E-state index contributed by atoms with van der Waals surface area (Å²) in [6.07, 6.45) is -0.0938. The van der Waals surface area contributed by atoms with E-state index in [9.17, 15) is 14.7 Å². The number of carbonyl (C=O) groups is 2. The number of rotatable bonds is 5. The summed E-state index contributed by atoms with van der Waals surface area (Å²) in [4.78, 5) is 23.5. The maximum atomic E-state index is 11.4. The summed E-state index contributed by atoms with van der Waals surface area (Å²) in [6.45, 7) is 2.75. The maximum Gasteiger partial charge on any atom is 0.407 e. The van der Waals surface area contributed by atoms with E-state index in [1.807, 2.05) is 24.3 Å². The number of ether oxygens (including phenoxy) is 1. The highest BCUT2D eigenvalue weighted by Gasteiger charge is 2.30. The van der Waals surface area contributed by atoms with Crippen LogP contribution in [0.25, 0.3) is 0 Å². The number of amides is 1. The van der Waals surface area contributed by atoms with Crippen molar-refractivity contribution in [3.8, 4) is 0 Å². The summed E-state index contributed by atoms with van der Waals surface area (Å²) < 4.78 is 4.90. The smallest absolute Gasteiger partial charge is 0.407 e. The minimum atomic E-state index is -0.989. The van der Waals surface area contributed by atoms with Crippen LogP contribution in [0.15, 0.2) is 24.3 Å². The van der Waals surface area contributed by atoms with Gasteiger partial charge in [0.15, 0.2) is 0 Å². The molecule has 0 aromatic heterocycles. The van der Waals surface area contributed by atoms with Crippen molar-refractivity contribution < 1.29 is 24.5 Å². The van der Waals surface area contributed by atoms with E-state index in [2.05, 4.69) is 0 Å². The maximum absolute atomic E-state index is 11.4. The van der Waals surface area contributed by atoms with E-state index in [-0.39, 0.29) is 18.4 Å². The Balaban J connectivity index is 1.92. The van der Waals surface area contributed by atoms with Crippen LogP contribution in [0.2, 0.25) is 0 Å². The summed E-state index contributed by atoms with van der Waals surface area (Å²) in [7, 11) is 0. The van der Waals surface area contributed by atoms with Gasteiger partial charge in [0.05, 0.1) is 19.3 Å². The van der Waals surface area contributed by atoms with E-state index < -0.39 is 12.2 Å². The fourth-order valence-electron chi connectivity index (χ4n) is 2.91. The van der Waals surface area contributed by atoms with Crippen molar-refractivity contribution in [2.75, 3.05) is 19.7 Å². The Morgan fingerprint density at radius 3 is 2.57 bits per heavy atom. The zero-order valence-electron chi connectivity index (χ0n) is 13.3. The Morgan fingerprint density at radius 2 is 2.00 bits per heavy atom. The molecule has 23 heavy (non-hydrogen) atoms. The third kappa shape index (κ3) is 4.69. The third-order valence-electron chi connectivity index (χ3n) is 4.18. The highest BCUT2D eigenvalue weighted by molar-refractivity contribution is 5.69. The lowest BCUT2D eigenvalue weighted by Gasteiger charge is -2.34. The van der Waals surface area contributed by atoms with Crippen LogP contribution < -0.4 is 0 Å². The molecule has 0 aliphatic carbocycles.